The molecule has 0 spiro atoms. The molecular weight excluding hydrogens is 218 g/mol. The van der Waals surface area contributed by atoms with Crippen molar-refractivity contribution in [3.63, 3.8) is 0 Å². The number of piperazine rings is 1. The van der Waals surface area contributed by atoms with E-state index < -0.39 is 0 Å². The van der Waals surface area contributed by atoms with Crippen LogP contribution in [0.2, 0.25) is 0 Å². The minimum atomic E-state index is 1.14. The van der Waals surface area contributed by atoms with E-state index in [0.717, 1.165) is 26.2 Å². The zero-order chi connectivity index (χ0) is 12.0. The van der Waals surface area contributed by atoms with Crippen molar-refractivity contribution in [3.05, 3.63) is 43.4 Å². The number of hydrogen-bond donors (Lipinski definition) is 2. The Balaban J connectivity index is 0.000000128. The van der Waals surface area contributed by atoms with Crippen LogP contribution in [0.5, 0.6) is 0 Å². The van der Waals surface area contributed by atoms with Crippen molar-refractivity contribution in [2.45, 2.75) is 0 Å². The molecule has 1 saturated heterocycles. The van der Waals surface area contributed by atoms with E-state index in [9.17, 15) is 0 Å². The van der Waals surface area contributed by atoms with Gasteiger partial charge in [-0.25, -0.2) is 4.98 Å². The van der Waals surface area contributed by atoms with Crippen LogP contribution in [0.1, 0.15) is 0 Å². The fraction of sp³-hybridized carbons (Fsp3) is 0.364. The number of hydrogen-bond acceptors (Lipinski definition) is 6. The third kappa shape index (κ3) is 9.16. The third-order valence-corrected chi connectivity index (χ3v) is 1.79. The number of rotatable bonds is 0. The molecule has 6 heteroatoms. The van der Waals surface area contributed by atoms with Crippen LogP contribution in [-0.4, -0.2) is 41.4 Å². The first-order valence-corrected chi connectivity index (χ1v) is 5.45. The van der Waals surface area contributed by atoms with E-state index in [1.54, 1.807) is 18.6 Å². The quantitative estimate of drug-likeness (QED) is 0.685. The fourth-order valence-electron chi connectivity index (χ4n) is 1.03. The summed E-state index contributed by atoms with van der Waals surface area (Å²) in [5.74, 6) is 0. The summed E-state index contributed by atoms with van der Waals surface area (Å²) < 4.78 is 4.47. The van der Waals surface area contributed by atoms with Gasteiger partial charge < -0.3 is 15.1 Å². The standard InChI is InChI=1S/C4H10N2.C4H4N2.C3H3NO/c1-2-6-4-3-5-1;1-2-4-6-5-3-1;1-2-5-3-4-1/h5-6H,1-4H2;1-4H;1-3H. The largest absolute Gasteiger partial charge is 0.452 e. The van der Waals surface area contributed by atoms with Crippen molar-refractivity contribution in [3.8, 4) is 0 Å². The molecule has 1 aliphatic heterocycles. The van der Waals surface area contributed by atoms with E-state index in [1.807, 2.05) is 12.1 Å². The first kappa shape index (κ1) is 13.3. The summed E-state index contributed by atoms with van der Waals surface area (Å²) in [4.78, 5) is 3.56. The van der Waals surface area contributed by atoms with E-state index in [4.69, 9.17) is 0 Å². The van der Waals surface area contributed by atoms with E-state index >= 15 is 0 Å². The smallest absolute Gasteiger partial charge is 0.180 e. The lowest BCUT2D eigenvalue weighted by Gasteiger charge is -2.11. The molecule has 2 aromatic rings. The van der Waals surface area contributed by atoms with Gasteiger partial charge in [-0.2, -0.15) is 10.2 Å². The lowest BCUT2D eigenvalue weighted by Crippen LogP contribution is -2.39. The first-order chi connectivity index (χ1) is 8.50. The summed E-state index contributed by atoms with van der Waals surface area (Å²) in [5, 5.41) is 13.5. The average Bonchev–Trinajstić information content (AvgIpc) is 3.03. The molecule has 0 unspecified atom stereocenters. The summed E-state index contributed by atoms with van der Waals surface area (Å²) in [6, 6.07) is 3.65. The highest BCUT2D eigenvalue weighted by Gasteiger charge is 1.91. The Hall–Kier alpha value is -1.79. The Morgan fingerprint density at radius 1 is 0.824 bits per heavy atom. The second-order valence-electron chi connectivity index (χ2n) is 3.09. The highest BCUT2D eigenvalue weighted by Crippen LogP contribution is 1.72. The van der Waals surface area contributed by atoms with E-state index in [2.05, 4.69) is 30.2 Å². The van der Waals surface area contributed by atoms with Crippen molar-refractivity contribution in [2.75, 3.05) is 26.2 Å². The van der Waals surface area contributed by atoms with Gasteiger partial charge in [0.05, 0.1) is 6.20 Å². The summed E-state index contributed by atoms with van der Waals surface area (Å²) in [6.07, 6.45) is 7.75. The maximum absolute atomic E-state index is 4.47. The van der Waals surface area contributed by atoms with Gasteiger partial charge in [0.15, 0.2) is 6.39 Å². The van der Waals surface area contributed by atoms with Gasteiger partial charge in [-0.1, -0.05) is 0 Å². The SMILES string of the molecule is C1CNCCN1.c1ccnnc1.c1cocn1. The fourth-order valence-corrected chi connectivity index (χ4v) is 1.03. The van der Waals surface area contributed by atoms with Crippen LogP contribution in [0.3, 0.4) is 0 Å². The van der Waals surface area contributed by atoms with E-state index in [0.29, 0.717) is 0 Å². The van der Waals surface area contributed by atoms with Gasteiger partial charge in [0.25, 0.3) is 0 Å². The van der Waals surface area contributed by atoms with Gasteiger partial charge in [0, 0.05) is 38.6 Å². The van der Waals surface area contributed by atoms with Crippen molar-refractivity contribution in [2.24, 2.45) is 0 Å². The number of oxazole rings is 1. The molecule has 0 atom stereocenters. The van der Waals surface area contributed by atoms with Crippen molar-refractivity contribution in [1.29, 1.82) is 0 Å². The first-order valence-electron chi connectivity index (χ1n) is 5.45. The van der Waals surface area contributed by atoms with Gasteiger partial charge in [0.1, 0.15) is 6.26 Å². The zero-order valence-corrected chi connectivity index (χ0v) is 9.62. The van der Waals surface area contributed by atoms with Crippen molar-refractivity contribution >= 4 is 0 Å². The maximum atomic E-state index is 4.47. The molecule has 0 aromatic carbocycles. The second-order valence-corrected chi connectivity index (χ2v) is 3.09. The normalized spacial score (nSPS) is 13.6. The molecular formula is C11H17N5O. The third-order valence-electron chi connectivity index (χ3n) is 1.79. The van der Waals surface area contributed by atoms with Crippen LogP contribution in [0, 0.1) is 0 Å². The number of nitrogens with one attached hydrogen (secondary N) is 2. The van der Waals surface area contributed by atoms with Gasteiger partial charge in [-0.15, -0.1) is 0 Å². The Bertz CT molecular complexity index is 267. The van der Waals surface area contributed by atoms with E-state index in [-0.39, 0.29) is 0 Å². The van der Waals surface area contributed by atoms with Crippen LogP contribution in [-0.2, 0) is 0 Å². The van der Waals surface area contributed by atoms with Gasteiger partial charge in [-0.3, -0.25) is 0 Å². The lowest BCUT2D eigenvalue weighted by molar-refractivity contribution is 0.534. The molecule has 3 rings (SSSR count). The minimum absolute atomic E-state index is 1.14. The van der Waals surface area contributed by atoms with Crippen LogP contribution >= 0.6 is 0 Å². The van der Waals surface area contributed by atoms with Crippen LogP contribution in [0.25, 0.3) is 0 Å². The summed E-state index contributed by atoms with van der Waals surface area (Å²) >= 11 is 0. The Labute approximate surface area is 100 Å². The van der Waals surface area contributed by atoms with Gasteiger partial charge >= 0.3 is 0 Å². The van der Waals surface area contributed by atoms with Crippen molar-refractivity contribution < 1.29 is 4.42 Å². The highest BCUT2D eigenvalue weighted by atomic mass is 16.3. The summed E-state index contributed by atoms with van der Waals surface area (Å²) in [6.45, 7) is 4.56. The lowest BCUT2D eigenvalue weighted by atomic mass is 10.4. The Morgan fingerprint density at radius 2 is 1.41 bits per heavy atom. The van der Waals surface area contributed by atoms with E-state index in [1.165, 1.54) is 12.7 Å². The molecule has 1 aliphatic rings. The van der Waals surface area contributed by atoms with Crippen LogP contribution < -0.4 is 10.6 Å². The van der Waals surface area contributed by atoms with Crippen LogP contribution in [0.15, 0.2) is 47.8 Å². The molecule has 92 valence electrons. The molecule has 17 heavy (non-hydrogen) atoms. The maximum Gasteiger partial charge on any atom is 0.180 e. The number of aromatic nitrogens is 3. The Morgan fingerprint density at radius 3 is 1.59 bits per heavy atom. The predicted octanol–water partition coefficient (Wildman–Crippen LogP) is 0.330. The average molecular weight is 235 g/mol. The molecule has 6 nitrogen and oxygen atoms in total. The Kier molecular flexibility index (Phi) is 8.37. The minimum Gasteiger partial charge on any atom is -0.452 e. The van der Waals surface area contributed by atoms with Gasteiger partial charge in [0.2, 0.25) is 0 Å². The molecule has 0 bridgehead atoms. The molecule has 0 saturated carbocycles. The molecule has 2 N–H and O–H groups in total. The van der Waals surface area contributed by atoms with Gasteiger partial charge in [-0.05, 0) is 12.1 Å². The summed E-state index contributed by atoms with van der Waals surface area (Å²) in [5.41, 5.74) is 0. The highest BCUT2D eigenvalue weighted by molar-refractivity contribution is 4.79. The molecule has 0 aliphatic carbocycles. The predicted molar refractivity (Wildman–Crippen MR) is 64.3 cm³/mol. The second kappa shape index (κ2) is 10.7. The molecule has 1 fully saturated rings. The molecule has 2 aromatic heterocycles. The number of nitrogens with zero attached hydrogens (tertiary/aromatic N) is 3. The zero-order valence-electron chi connectivity index (χ0n) is 9.62. The summed E-state index contributed by atoms with van der Waals surface area (Å²) in [7, 11) is 0. The monoisotopic (exact) mass is 235 g/mol. The van der Waals surface area contributed by atoms with Crippen molar-refractivity contribution in [1.82, 2.24) is 25.8 Å². The molecule has 3 heterocycles. The molecule has 0 radical (unpaired) electrons. The topological polar surface area (TPSA) is 75.9 Å². The molecule has 0 amide bonds. The van der Waals surface area contributed by atoms with Crippen LogP contribution in [0.4, 0.5) is 0 Å².